The molecule has 284 valence electrons. The Balaban J connectivity index is 1.13. The molecule has 1 spiro atoms. The van der Waals surface area contributed by atoms with Crippen molar-refractivity contribution in [3.8, 4) is 39.4 Å². The van der Waals surface area contributed by atoms with E-state index in [4.69, 9.17) is 13.6 Å². The molecule has 61 heavy (non-hydrogen) atoms. The Kier molecular flexibility index (Phi) is 6.31. The molecule has 5 nitrogen and oxygen atoms in total. The summed E-state index contributed by atoms with van der Waals surface area (Å²) >= 11 is 0. The zero-order chi connectivity index (χ0) is 40.0. The molecule has 12 aromatic rings. The van der Waals surface area contributed by atoms with Gasteiger partial charge < -0.3 is 13.6 Å². The van der Waals surface area contributed by atoms with Crippen LogP contribution in [0.3, 0.4) is 0 Å². The van der Waals surface area contributed by atoms with Gasteiger partial charge in [0, 0.05) is 54.6 Å². The summed E-state index contributed by atoms with van der Waals surface area (Å²) in [4.78, 5) is 14.9. The predicted molar refractivity (Wildman–Crippen MR) is 244 cm³/mol. The van der Waals surface area contributed by atoms with Crippen LogP contribution < -0.4 is 10.3 Å². The zero-order valence-electron chi connectivity index (χ0n) is 32.5. The highest BCUT2D eigenvalue weighted by Gasteiger charge is 2.50. The lowest BCUT2D eigenvalue weighted by Gasteiger charge is -2.45. The second-order valence-electron chi connectivity index (χ2n) is 16.2. The lowest BCUT2D eigenvalue weighted by molar-refractivity contribution is 0.434. The van der Waals surface area contributed by atoms with Gasteiger partial charge in [-0.25, -0.2) is 0 Å². The summed E-state index contributed by atoms with van der Waals surface area (Å²) < 4.78 is 22.2. The average Bonchev–Trinajstić information content (AvgIpc) is 3.90. The summed E-state index contributed by atoms with van der Waals surface area (Å²) in [7, 11) is 0. The van der Waals surface area contributed by atoms with Gasteiger partial charge in [-0.05, 0) is 76.2 Å². The van der Waals surface area contributed by atoms with Crippen molar-refractivity contribution in [1.82, 2.24) is 4.57 Å². The summed E-state index contributed by atoms with van der Waals surface area (Å²) in [5, 5.41) is 6.94. The fourth-order valence-electron chi connectivity index (χ4n) is 10.7. The number of aromatic nitrogens is 1. The second-order valence-corrected chi connectivity index (χ2v) is 16.2. The Morgan fingerprint density at radius 2 is 0.885 bits per heavy atom. The molecule has 0 amide bonds. The number of pyridine rings is 1. The van der Waals surface area contributed by atoms with E-state index in [2.05, 4.69) is 140 Å². The second kappa shape index (κ2) is 11.7. The first kappa shape index (κ1) is 32.8. The van der Waals surface area contributed by atoms with Gasteiger partial charge in [0.1, 0.15) is 33.8 Å². The monoisotopic (exact) mass is 781 g/mol. The number of fused-ring (bicyclic) bond motifs is 16. The number of rotatable bonds is 2. The van der Waals surface area contributed by atoms with Crippen molar-refractivity contribution in [3.05, 3.63) is 221 Å². The molecule has 0 N–H and O–H groups in total. The van der Waals surface area contributed by atoms with Crippen LogP contribution in [0.5, 0.6) is 11.5 Å². The van der Waals surface area contributed by atoms with Gasteiger partial charge in [-0.3, -0.25) is 9.36 Å². The van der Waals surface area contributed by atoms with Crippen molar-refractivity contribution < 1.29 is 13.6 Å². The molecule has 0 radical (unpaired) electrons. The van der Waals surface area contributed by atoms with E-state index in [1.165, 1.54) is 0 Å². The minimum Gasteiger partial charge on any atom is -0.457 e. The van der Waals surface area contributed by atoms with Gasteiger partial charge in [0.2, 0.25) is 0 Å². The lowest BCUT2D eigenvalue weighted by atomic mass is 9.61. The van der Waals surface area contributed by atoms with Gasteiger partial charge in [-0.1, -0.05) is 140 Å². The topological polar surface area (TPSA) is 57.5 Å². The zero-order valence-corrected chi connectivity index (χ0v) is 32.5. The van der Waals surface area contributed by atoms with Crippen LogP contribution in [0.2, 0.25) is 0 Å². The third-order valence-corrected chi connectivity index (χ3v) is 13.3. The van der Waals surface area contributed by atoms with Crippen LogP contribution in [-0.4, -0.2) is 4.57 Å². The van der Waals surface area contributed by atoms with Gasteiger partial charge in [-0.2, -0.15) is 0 Å². The minimum atomic E-state index is -0.927. The Morgan fingerprint density at radius 3 is 1.52 bits per heavy atom. The summed E-state index contributed by atoms with van der Waals surface area (Å²) in [5.41, 5.74) is 12.1. The minimum absolute atomic E-state index is 0.0408. The molecule has 0 saturated heterocycles. The highest BCUT2D eigenvalue weighted by atomic mass is 16.5. The maximum atomic E-state index is 14.9. The Labute approximate surface area is 347 Å². The Hall–Kier alpha value is -8.15. The van der Waals surface area contributed by atoms with Crippen molar-refractivity contribution in [1.29, 1.82) is 0 Å². The van der Waals surface area contributed by atoms with E-state index in [-0.39, 0.29) is 5.56 Å². The number of ether oxygens (including phenoxy) is 1. The summed E-state index contributed by atoms with van der Waals surface area (Å²) in [6, 6.07) is 65.1. The number of furan rings is 2. The first-order valence-corrected chi connectivity index (χ1v) is 20.6. The van der Waals surface area contributed by atoms with Crippen LogP contribution in [0.25, 0.3) is 93.5 Å². The van der Waals surface area contributed by atoms with E-state index in [0.717, 1.165) is 122 Å². The number of hydrogen-bond acceptors (Lipinski definition) is 4. The van der Waals surface area contributed by atoms with Gasteiger partial charge in [-0.15, -0.1) is 0 Å². The molecule has 0 fully saturated rings. The van der Waals surface area contributed by atoms with E-state index in [9.17, 15) is 4.79 Å². The molecular formula is C56H31NO4. The van der Waals surface area contributed by atoms with Crippen LogP contribution >= 0.6 is 0 Å². The van der Waals surface area contributed by atoms with Crippen molar-refractivity contribution in [2.45, 2.75) is 5.41 Å². The highest BCUT2D eigenvalue weighted by Crippen LogP contribution is 2.60. The van der Waals surface area contributed by atoms with Gasteiger partial charge in [0.15, 0.2) is 0 Å². The molecular weight excluding hydrogens is 751 g/mol. The molecule has 3 aromatic heterocycles. The molecule has 2 aliphatic heterocycles. The fraction of sp³-hybridized carbons (Fsp3) is 0.0179. The Bertz CT molecular complexity index is 3790. The maximum absolute atomic E-state index is 14.9. The number of nitrogens with zero attached hydrogens (tertiary/aromatic N) is 1. The molecule has 0 aliphatic carbocycles. The van der Waals surface area contributed by atoms with Crippen molar-refractivity contribution in [2.24, 2.45) is 0 Å². The SMILES string of the molecule is O=c1c2ccccc2c2cccc3c2n1-c1ccccc1C31c2cc(-c3cccc4c3oc3ccccc34)ccc2Oc2ccc(-c3cccc4c3oc3ccccc34)cc21. The molecule has 5 heterocycles. The van der Waals surface area contributed by atoms with Crippen LogP contribution in [-0.2, 0) is 5.41 Å². The highest BCUT2D eigenvalue weighted by molar-refractivity contribution is 6.12. The largest absolute Gasteiger partial charge is 0.457 e. The normalized spacial score (nSPS) is 13.6. The van der Waals surface area contributed by atoms with E-state index in [1.54, 1.807) is 0 Å². The van der Waals surface area contributed by atoms with Crippen LogP contribution in [0.1, 0.15) is 22.3 Å². The lowest BCUT2D eigenvalue weighted by Crippen LogP contribution is -2.40. The maximum Gasteiger partial charge on any atom is 0.263 e. The molecule has 14 rings (SSSR count). The molecule has 0 atom stereocenters. The molecule has 0 bridgehead atoms. The first-order valence-electron chi connectivity index (χ1n) is 20.6. The van der Waals surface area contributed by atoms with Gasteiger partial charge in [0.05, 0.1) is 16.6 Å². The van der Waals surface area contributed by atoms with Crippen molar-refractivity contribution in [2.75, 3.05) is 0 Å². The summed E-state index contributed by atoms with van der Waals surface area (Å²) in [6.45, 7) is 0. The molecule has 0 saturated carbocycles. The van der Waals surface area contributed by atoms with E-state index < -0.39 is 5.41 Å². The van der Waals surface area contributed by atoms with E-state index in [0.29, 0.717) is 5.39 Å². The standard InChI is InChI=1S/C56H31NO4/c58-55-42-15-2-1-12-36(42)39-18-11-22-44-52(39)57(55)47-23-6-5-21-43(47)56(44)45-30-32(34-16-9-19-40-37-13-3-7-24-48(37)60-53(34)40)26-28-50(45)59-51-29-27-33(31-46(51)56)35-17-10-20-41-38-14-4-8-25-49(38)61-54(35)41/h1-31H. The summed E-state index contributed by atoms with van der Waals surface area (Å²) in [5.74, 6) is 1.51. The molecule has 0 unspecified atom stereocenters. The number of para-hydroxylation sites is 6. The van der Waals surface area contributed by atoms with Crippen molar-refractivity contribution >= 4 is 65.6 Å². The predicted octanol–water partition coefficient (Wildman–Crippen LogP) is 14.1. The smallest absolute Gasteiger partial charge is 0.263 e. The third-order valence-electron chi connectivity index (χ3n) is 13.3. The number of hydrogen-bond donors (Lipinski definition) is 0. The summed E-state index contributed by atoms with van der Waals surface area (Å²) in [6.07, 6.45) is 0. The third kappa shape index (κ3) is 4.17. The number of benzene rings is 9. The molecule has 9 aromatic carbocycles. The first-order chi connectivity index (χ1) is 30.2. The van der Waals surface area contributed by atoms with Crippen molar-refractivity contribution in [3.63, 3.8) is 0 Å². The quantitative estimate of drug-likeness (QED) is 0.164. The van der Waals surface area contributed by atoms with Crippen LogP contribution in [0.15, 0.2) is 202 Å². The van der Waals surface area contributed by atoms with Gasteiger partial charge >= 0.3 is 0 Å². The van der Waals surface area contributed by atoms with Crippen LogP contribution in [0, 0.1) is 0 Å². The average molecular weight is 782 g/mol. The Morgan fingerprint density at radius 1 is 0.393 bits per heavy atom. The molecule has 2 aliphatic rings. The van der Waals surface area contributed by atoms with E-state index in [1.807, 2.05) is 53.1 Å². The van der Waals surface area contributed by atoms with Crippen LogP contribution in [0.4, 0.5) is 0 Å². The fourth-order valence-corrected chi connectivity index (χ4v) is 10.7. The molecule has 5 heteroatoms. The van der Waals surface area contributed by atoms with Gasteiger partial charge in [0.25, 0.3) is 5.56 Å². The van der Waals surface area contributed by atoms with E-state index >= 15 is 0 Å².